The molecule has 0 aliphatic carbocycles. The molecule has 0 radical (unpaired) electrons. The number of hydroxylamine groups is 2. The summed E-state index contributed by atoms with van der Waals surface area (Å²) in [5.41, 5.74) is 0.769. The van der Waals surface area contributed by atoms with Gasteiger partial charge >= 0.3 is 5.97 Å². The van der Waals surface area contributed by atoms with E-state index in [-0.39, 0.29) is 51.3 Å². The maximum Gasteiger partial charge on any atom is 0.303 e. The lowest BCUT2D eigenvalue weighted by Crippen LogP contribution is -2.72. The zero-order valence-electron chi connectivity index (χ0n) is 18.0. The molecule has 3 unspecified atom stereocenters. The average molecular weight is 461 g/mol. The second-order valence-corrected chi connectivity index (χ2v) is 8.13. The summed E-state index contributed by atoms with van der Waals surface area (Å²) in [6.45, 7) is -0.439. The molecule has 3 atom stereocenters. The van der Waals surface area contributed by atoms with Crippen LogP contribution in [-0.4, -0.2) is 70.4 Å². The Morgan fingerprint density at radius 2 is 1.88 bits per heavy atom. The Balaban J connectivity index is 1.71. The lowest BCUT2D eigenvalue weighted by Gasteiger charge is -2.55. The normalized spacial score (nSPS) is 24.9. The van der Waals surface area contributed by atoms with Crippen molar-refractivity contribution in [2.24, 2.45) is 5.92 Å². The Morgan fingerprint density at radius 1 is 1.15 bits per heavy atom. The monoisotopic (exact) mass is 461 g/mol. The van der Waals surface area contributed by atoms with E-state index in [1.165, 1.54) is 0 Å². The van der Waals surface area contributed by atoms with Crippen molar-refractivity contribution < 1.29 is 33.8 Å². The molecule has 1 aromatic rings. The van der Waals surface area contributed by atoms with Gasteiger partial charge in [0.25, 0.3) is 5.91 Å². The number of benzene rings is 1. The maximum atomic E-state index is 13.9. The third kappa shape index (κ3) is 6.12. The summed E-state index contributed by atoms with van der Waals surface area (Å²) in [4.78, 5) is 60.2. The number of carboxylic acids is 1. The minimum absolute atomic E-state index is 0.0365. The van der Waals surface area contributed by atoms with Gasteiger partial charge in [-0.15, -0.1) is 0 Å². The summed E-state index contributed by atoms with van der Waals surface area (Å²) in [6, 6.07) is 9.00. The second-order valence-electron chi connectivity index (χ2n) is 8.13. The number of imide groups is 1. The zero-order chi connectivity index (χ0) is 24.0. The fourth-order valence-electron chi connectivity index (χ4n) is 4.00. The van der Waals surface area contributed by atoms with Gasteiger partial charge in [0.05, 0.1) is 12.8 Å². The Bertz CT molecular complexity index is 925. The Kier molecular flexibility index (Phi) is 7.74. The standard InChI is InChI=1S/C21H27N5O7/c27-17(7-9-20(30)31)24-21(32)15-11-22-13-25-19(29)8-6-16(26(25,33)12-15)23-18(28)10-14-4-2-1-3-5-14/h1-5,15-16,22H,6-13H2,(H,23,28)(H,30,31)(H,24,27,32). The number of nitrogens with one attached hydrogen (secondary N) is 3. The smallest absolute Gasteiger partial charge is 0.303 e. The van der Waals surface area contributed by atoms with E-state index in [9.17, 15) is 29.2 Å². The van der Waals surface area contributed by atoms with Gasteiger partial charge in [-0.05, 0) is 5.56 Å². The first kappa shape index (κ1) is 24.3. The molecule has 2 aliphatic rings. The number of carbonyl (C=O) groups is 5. The fourth-order valence-corrected chi connectivity index (χ4v) is 4.00. The van der Waals surface area contributed by atoms with E-state index in [4.69, 9.17) is 5.11 Å². The quantitative estimate of drug-likeness (QED) is 0.302. The van der Waals surface area contributed by atoms with Crippen molar-refractivity contribution >= 4 is 29.6 Å². The lowest BCUT2D eigenvalue weighted by molar-refractivity contribution is -1.01. The molecular weight excluding hydrogens is 434 g/mol. The molecule has 2 heterocycles. The topological polar surface area (TPSA) is 168 Å². The predicted molar refractivity (Wildman–Crippen MR) is 113 cm³/mol. The highest BCUT2D eigenvalue weighted by molar-refractivity contribution is 5.97. The third-order valence-corrected chi connectivity index (χ3v) is 5.68. The van der Waals surface area contributed by atoms with Crippen molar-refractivity contribution in [1.82, 2.24) is 21.0 Å². The first-order valence-corrected chi connectivity index (χ1v) is 10.7. The maximum absolute atomic E-state index is 13.9. The number of nitrogens with zero attached hydrogens (tertiary/aromatic N) is 2. The number of rotatable bonds is 7. The molecule has 33 heavy (non-hydrogen) atoms. The molecule has 4 amide bonds. The number of hydrogen-bond acceptors (Lipinski definition) is 7. The second kappa shape index (κ2) is 10.5. The molecule has 0 bridgehead atoms. The summed E-state index contributed by atoms with van der Waals surface area (Å²) in [5.74, 6) is -4.42. The van der Waals surface area contributed by atoms with Crippen LogP contribution in [0.4, 0.5) is 0 Å². The van der Waals surface area contributed by atoms with E-state index >= 15 is 0 Å². The molecule has 2 saturated heterocycles. The summed E-state index contributed by atoms with van der Waals surface area (Å²) in [7, 11) is 0. The SMILES string of the molecule is O=C(O)CCC(=O)NC(=O)C1CNCN2C(=O)CCC(NC(=O)Cc3ccccc3)[N+]2([O-])C1. The van der Waals surface area contributed by atoms with E-state index in [0.29, 0.717) is 0 Å². The van der Waals surface area contributed by atoms with Gasteiger partial charge in [0.2, 0.25) is 17.7 Å². The van der Waals surface area contributed by atoms with Crippen molar-refractivity contribution in [2.45, 2.75) is 38.3 Å². The van der Waals surface area contributed by atoms with Crippen LogP contribution in [0.25, 0.3) is 0 Å². The number of quaternary nitrogens is 1. The van der Waals surface area contributed by atoms with E-state index in [2.05, 4.69) is 16.0 Å². The highest BCUT2D eigenvalue weighted by atomic mass is 16.6. The van der Waals surface area contributed by atoms with Crippen LogP contribution in [0.3, 0.4) is 0 Å². The predicted octanol–water partition coefficient (Wildman–Crippen LogP) is -0.792. The zero-order valence-corrected chi connectivity index (χ0v) is 18.0. The average Bonchev–Trinajstić information content (AvgIpc) is 2.95. The summed E-state index contributed by atoms with van der Waals surface area (Å²) < 4.78 is -1.24. The first-order valence-electron chi connectivity index (χ1n) is 10.7. The van der Waals surface area contributed by atoms with Gasteiger partial charge in [-0.1, -0.05) is 30.3 Å². The van der Waals surface area contributed by atoms with Gasteiger partial charge in [-0.3, -0.25) is 34.6 Å². The van der Waals surface area contributed by atoms with Gasteiger partial charge in [0.15, 0.2) is 6.17 Å². The van der Waals surface area contributed by atoms with Crippen LogP contribution < -0.4 is 16.0 Å². The van der Waals surface area contributed by atoms with Gasteiger partial charge in [0, 0.05) is 25.8 Å². The van der Waals surface area contributed by atoms with Crippen LogP contribution in [0, 0.1) is 11.1 Å². The molecule has 1 aromatic carbocycles. The van der Waals surface area contributed by atoms with Crippen LogP contribution in [0.5, 0.6) is 0 Å². The molecule has 178 valence electrons. The van der Waals surface area contributed by atoms with E-state index < -0.39 is 47.0 Å². The van der Waals surface area contributed by atoms with Crippen molar-refractivity contribution in [3.63, 3.8) is 0 Å². The highest BCUT2D eigenvalue weighted by Gasteiger charge is 2.48. The molecule has 0 spiro atoms. The fraction of sp³-hybridized carbons (Fsp3) is 0.476. The Morgan fingerprint density at radius 3 is 2.58 bits per heavy atom. The van der Waals surface area contributed by atoms with Gasteiger partial charge in [-0.25, -0.2) is 4.76 Å². The largest absolute Gasteiger partial charge is 0.604 e. The summed E-state index contributed by atoms with van der Waals surface area (Å²) >= 11 is 0. The van der Waals surface area contributed by atoms with E-state index in [1.54, 1.807) is 24.3 Å². The molecule has 3 rings (SSSR count). The number of fused-ring (bicyclic) bond motifs is 1. The molecule has 4 N–H and O–H groups in total. The van der Waals surface area contributed by atoms with Crippen LogP contribution in [-0.2, 0) is 30.4 Å². The van der Waals surface area contributed by atoms with Gasteiger partial charge in [0.1, 0.15) is 19.1 Å². The molecule has 12 heteroatoms. The minimum atomic E-state index is -1.24. The Labute approximate surface area is 190 Å². The van der Waals surface area contributed by atoms with E-state index in [0.717, 1.165) is 10.6 Å². The van der Waals surface area contributed by atoms with Crippen LogP contribution in [0.15, 0.2) is 30.3 Å². The molecule has 0 saturated carbocycles. The minimum Gasteiger partial charge on any atom is -0.604 e. The summed E-state index contributed by atoms with van der Waals surface area (Å²) in [6.07, 6.45) is -1.53. The van der Waals surface area contributed by atoms with Crippen molar-refractivity contribution in [3.8, 4) is 0 Å². The third-order valence-electron chi connectivity index (χ3n) is 5.68. The lowest BCUT2D eigenvalue weighted by atomic mass is 10.1. The number of hydrogen-bond donors (Lipinski definition) is 4. The molecular formula is C21H27N5O7. The van der Waals surface area contributed by atoms with Crippen LogP contribution in [0.2, 0.25) is 0 Å². The molecule has 2 aliphatic heterocycles. The summed E-state index contributed by atoms with van der Waals surface area (Å²) in [5, 5.41) is 31.4. The van der Waals surface area contributed by atoms with Crippen LogP contribution in [0.1, 0.15) is 31.2 Å². The van der Waals surface area contributed by atoms with E-state index in [1.807, 2.05) is 6.07 Å². The van der Waals surface area contributed by atoms with Crippen molar-refractivity contribution in [3.05, 3.63) is 41.1 Å². The first-order chi connectivity index (χ1) is 15.7. The van der Waals surface area contributed by atoms with Gasteiger partial charge in [-0.2, -0.15) is 5.01 Å². The molecule has 0 aromatic heterocycles. The Hall–Kier alpha value is -3.35. The number of aliphatic carboxylic acids is 1. The van der Waals surface area contributed by atoms with Crippen LogP contribution >= 0.6 is 0 Å². The number of carboxylic acid groups (broad SMARTS) is 1. The molecule has 12 nitrogen and oxygen atoms in total. The number of carbonyl (C=O) groups excluding carboxylic acids is 4. The molecule has 2 fully saturated rings. The number of amides is 4. The highest BCUT2D eigenvalue weighted by Crippen LogP contribution is 2.29. The van der Waals surface area contributed by atoms with Crippen molar-refractivity contribution in [2.75, 3.05) is 19.8 Å². The van der Waals surface area contributed by atoms with Crippen molar-refractivity contribution in [1.29, 1.82) is 0 Å². The van der Waals surface area contributed by atoms with Gasteiger partial charge < -0.3 is 15.6 Å².